The van der Waals surface area contributed by atoms with Crippen LogP contribution in [0.2, 0.25) is 0 Å². The highest BCUT2D eigenvalue weighted by molar-refractivity contribution is 7.85. The molecule has 0 atom stereocenters. The van der Waals surface area contributed by atoms with Crippen molar-refractivity contribution in [2.75, 3.05) is 0 Å². The van der Waals surface area contributed by atoms with Crippen molar-refractivity contribution in [1.82, 2.24) is 0 Å². The Labute approximate surface area is 101 Å². The van der Waals surface area contributed by atoms with Gasteiger partial charge in [0.1, 0.15) is 16.9 Å². The highest BCUT2D eigenvalue weighted by atomic mass is 32.2. The van der Waals surface area contributed by atoms with Crippen molar-refractivity contribution in [3.05, 3.63) is 49.9 Å². The van der Waals surface area contributed by atoms with E-state index in [1.807, 2.05) is 18.9 Å². The third kappa shape index (κ3) is 3.58. The van der Waals surface area contributed by atoms with Crippen LogP contribution in [-0.4, -0.2) is 19.8 Å². The standard InChI is InChI=1S/C10H8O3S.CH2O.CH3/c11-14(12,13)10-6-5-8-3-1-2-4-9(8)7-10;1-2;/h1-7H,(H,11,12,13);1H2;1H3/q;;+1/p-1. The lowest BCUT2D eigenvalue weighted by Gasteiger charge is -2.07. The molecule has 0 aliphatic heterocycles. The summed E-state index contributed by atoms with van der Waals surface area (Å²) >= 11 is 0. The van der Waals surface area contributed by atoms with Gasteiger partial charge in [-0.05, 0) is 22.9 Å². The first-order valence-electron chi connectivity index (χ1n) is 4.31. The average molecular weight is 252 g/mol. The highest BCUT2D eigenvalue weighted by Crippen LogP contribution is 2.18. The van der Waals surface area contributed by atoms with E-state index in [2.05, 4.69) is 0 Å². The summed E-state index contributed by atoms with van der Waals surface area (Å²) < 4.78 is 32.2. The first-order chi connectivity index (χ1) is 7.57. The third-order valence-electron chi connectivity index (χ3n) is 2.01. The summed E-state index contributed by atoms with van der Waals surface area (Å²) in [6.45, 7) is 2.00. The van der Waals surface area contributed by atoms with E-state index in [0.717, 1.165) is 10.8 Å². The molecule has 0 aromatic heterocycles. The fraction of sp³-hybridized carbons (Fsp3) is 0. The largest absolute Gasteiger partial charge is 0.744 e. The fourth-order valence-corrected chi connectivity index (χ4v) is 1.83. The number of rotatable bonds is 1. The molecule has 0 saturated carbocycles. The quantitative estimate of drug-likeness (QED) is 0.574. The van der Waals surface area contributed by atoms with E-state index in [1.165, 1.54) is 12.1 Å². The van der Waals surface area contributed by atoms with Crippen LogP contribution in [0.5, 0.6) is 0 Å². The Bertz CT molecular complexity index is 590. The van der Waals surface area contributed by atoms with Gasteiger partial charge in [-0.15, -0.1) is 0 Å². The molecular formula is C12H12O4S. The predicted molar refractivity (Wildman–Crippen MR) is 65.4 cm³/mol. The summed E-state index contributed by atoms with van der Waals surface area (Å²) in [6.07, 6.45) is 0. The zero-order valence-electron chi connectivity index (χ0n) is 9.29. The van der Waals surface area contributed by atoms with Gasteiger partial charge in [0.15, 0.2) is 0 Å². The van der Waals surface area contributed by atoms with E-state index in [9.17, 15) is 13.0 Å². The number of fused-ring (bicyclic) bond motifs is 1. The molecule has 0 fully saturated rings. The molecule has 0 saturated heterocycles. The molecule has 0 aliphatic carbocycles. The van der Waals surface area contributed by atoms with Crippen LogP contribution in [0.4, 0.5) is 0 Å². The second-order valence-electron chi connectivity index (χ2n) is 2.96. The summed E-state index contributed by atoms with van der Waals surface area (Å²) in [6, 6.07) is 11.6. The Morgan fingerprint density at radius 3 is 2.00 bits per heavy atom. The number of benzene rings is 2. The van der Waals surface area contributed by atoms with Gasteiger partial charge in [0.25, 0.3) is 0 Å². The lowest BCUT2D eigenvalue weighted by molar-refractivity contribution is -0.0979. The SMILES string of the molecule is C=O.O=S(=O)([O-])c1ccc2ccccc2c1.[CH3+]. The monoisotopic (exact) mass is 252 g/mol. The van der Waals surface area contributed by atoms with Crippen molar-refractivity contribution in [2.24, 2.45) is 0 Å². The molecule has 2 rings (SSSR count). The molecule has 0 unspecified atom stereocenters. The van der Waals surface area contributed by atoms with Crippen LogP contribution in [0.25, 0.3) is 10.8 Å². The average Bonchev–Trinajstić information content (AvgIpc) is 2.30. The van der Waals surface area contributed by atoms with Crippen LogP contribution >= 0.6 is 0 Å². The summed E-state index contributed by atoms with van der Waals surface area (Å²) in [4.78, 5) is 7.82. The molecule has 4 nitrogen and oxygen atoms in total. The number of hydrogen-bond donors (Lipinski definition) is 0. The number of carbonyl (C=O) groups is 1. The molecule has 2 aromatic carbocycles. The molecule has 17 heavy (non-hydrogen) atoms. The van der Waals surface area contributed by atoms with Gasteiger partial charge < -0.3 is 9.35 Å². The zero-order chi connectivity index (χ0) is 12.2. The van der Waals surface area contributed by atoms with Gasteiger partial charge >= 0.3 is 0 Å². The summed E-state index contributed by atoms with van der Waals surface area (Å²) in [5.74, 6) is 0. The Morgan fingerprint density at radius 2 is 1.47 bits per heavy atom. The van der Waals surface area contributed by atoms with Crippen LogP contribution < -0.4 is 0 Å². The lowest BCUT2D eigenvalue weighted by atomic mass is 10.1. The number of hydrogen-bond acceptors (Lipinski definition) is 4. The molecule has 0 radical (unpaired) electrons. The van der Waals surface area contributed by atoms with Gasteiger partial charge in [-0.1, -0.05) is 30.3 Å². The second kappa shape index (κ2) is 6.03. The van der Waals surface area contributed by atoms with Gasteiger partial charge in [0, 0.05) is 7.43 Å². The molecule has 0 aliphatic rings. The molecule has 0 spiro atoms. The van der Waals surface area contributed by atoms with Gasteiger partial charge in [0.05, 0.1) is 4.90 Å². The Hall–Kier alpha value is -1.85. The maximum absolute atomic E-state index is 10.7. The molecule has 0 N–H and O–H groups in total. The summed E-state index contributed by atoms with van der Waals surface area (Å²) in [7, 11) is -4.34. The zero-order valence-corrected chi connectivity index (χ0v) is 10.1. The lowest BCUT2D eigenvalue weighted by Crippen LogP contribution is -1.97. The van der Waals surface area contributed by atoms with Gasteiger partial charge in [-0.25, -0.2) is 8.42 Å². The highest BCUT2D eigenvalue weighted by Gasteiger charge is 2.01. The second-order valence-corrected chi connectivity index (χ2v) is 4.34. The Morgan fingerprint density at radius 1 is 0.941 bits per heavy atom. The minimum atomic E-state index is -4.34. The van der Waals surface area contributed by atoms with Gasteiger partial charge in [0.2, 0.25) is 0 Å². The Kier molecular flexibility index (Phi) is 5.37. The summed E-state index contributed by atoms with van der Waals surface area (Å²) in [5, 5.41) is 1.67. The van der Waals surface area contributed by atoms with Crippen LogP contribution in [0.1, 0.15) is 0 Å². The molecule has 0 heterocycles. The smallest absolute Gasteiger partial charge is 0.124 e. The minimum Gasteiger partial charge on any atom is -0.744 e. The van der Waals surface area contributed by atoms with Crippen molar-refractivity contribution >= 4 is 27.7 Å². The summed E-state index contributed by atoms with van der Waals surface area (Å²) in [5.41, 5.74) is 0. The topological polar surface area (TPSA) is 74.3 Å². The van der Waals surface area contributed by atoms with E-state index in [0.29, 0.717) is 0 Å². The van der Waals surface area contributed by atoms with Crippen LogP contribution in [-0.2, 0) is 14.9 Å². The van der Waals surface area contributed by atoms with Crippen LogP contribution in [0.3, 0.4) is 0 Å². The molecule has 0 amide bonds. The van der Waals surface area contributed by atoms with Gasteiger partial charge in [-0.2, -0.15) is 0 Å². The maximum atomic E-state index is 10.7. The molecular weight excluding hydrogens is 240 g/mol. The molecule has 2 aromatic rings. The van der Waals surface area contributed by atoms with E-state index in [-0.39, 0.29) is 12.3 Å². The van der Waals surface area contributed by atoms with E-state index in [4.69, 9.17) is 4.79 Å². The Balaban J connectivity index is 0.000000811. The molecule has 90 valence electrons. The predicted octanol–water partition coefficient (Wildman–Crippen LogP) is 2.01. The van der Waals surface area contributed by atoms with Crippen molar-refractivity contribution < 1.29 is 17.8 Å². The minimum absolute atomic E-state index is 0. The van der Waals surface area contributed by atoms with E-state index < -0.39 is 10.1 Å². The van der Waals surface area contributed by atoms with Gasteiger partial charge in [-0.3, -0.25) is 0 Å². The first-order valence-corrected chi connectivity index (χ1v) is 5.72. The third-order valence-corrected chi connectivity index (χ3v) is 2.84. The van der Waals surface area contributed by atoms with Crippen molar-refractivity contribution in [1.29, 1.82) is 0 Å². The van der Waals surface area contributed by atoms with Crippen molar-refractivity contribution in [2.45, 2.75) is 4.90 Å². The molecule has 5 heteroatoms. The first kappa shape index (κ1) is 15.2. The van der Waals surface area contributed by atoms with Crippen molar-refractivity contribution in [3.63, 3.8) is 0 Å². The fourth-order valence-electron chi connectivity index (χ4n) is 1.32. The van der Waals surface area contributed by atoms with Crippen LogP contribution in [0, 0.1) is 7.43 Å². The number of carbonyl (C=O) groups excluding carboxylic acids is 1. The van der Waals surface area contributed by atoms with E-state index in [1.54, 1.807) is 18.2 Å². The maximum Gasteiger partial charge on any atom is 0.124 e. The normalized spacial score (nSPS) is 9.94. The molecule has 0 bridgehead atoms. The van der Waals surface area contributed by atoms with E-state index >= 15 is 0 Å². The van der Waals surface area contributed by atoms with Crippen molar-refractivity contribution in [3.8, 4) is 0 Å². The van der Waals surface area contributed by atoms with Crippen LogP contribution in [0.15, 0.2) is 47.4 Å².